The fourth-order valence-corrected chi connectivity index (χ4v) is 2.41. The number of benzene rings is 1. The number of hydrogen-bond acceptors (Lipinski definition) is 2. The van der Waals surface area contributed by atoms with Gasteiger partial charge in [0.05, 0.1) is 0 Å². The highest BCUT2D eigenvalue weighted by molar-refractivity contribution is 9.10. The minimum atomic E-state index is 0.770. The summed E-state index contributed by atoms with van der Waals surface area (Å²) in [6, 6.07) is 8.35. The first-order valence-electron chi connectivity index (χ1n) is 5.88. The maximum absolute atomic E-state index is 5.36. The maximum Gasteiger partial charge on any atom is 0.0495 e. The second-order valence-corrected chi connectivity index (χ2v) is 5.14. The summed E-state index contributed by atoms with van der Waals surface area (Å²) in [5, 5.41) is 3.48. The van der Waals surface area contributed by atoms with E-state index in [0.29, 0.717) is 0 Å². The van der Waals surface area contributed by atoms with E-state index in [1.165, 1.54) is 22.9 Å². The molecule has 1 aromatic carbocycles. The lowest BCUT2D eigenvalue weighted by Crippen LogP contribution is -2.18. The van der Waals surface area contributed by atoms with Crippen molar-refractivity contribution in [3.8, 4) is 0 Å². The van der Waals surface area contributed by atoms with E-state index in [0.717, 1.165) is 32.2 Å². The molecule has 88 valence electrons. The van der Waals surface area contributed by atoms with Crippen LogP contribution in [0.15, 0.2) is 28.7 Å². The molecule has 1 unspecified atom stereocenters. The molecule has 1 heterocycles. The summed E-state index contributed by atoms with van der Waals surface area (Å²) < 4.78 is 6.54. The van der Waals surface area contributed by atoms with E-state index in [1.54, 1.807) is 0 Å². The maximum atomic E-state index is 5.36. The van der Waals surface area contributed by atoms with Gasteiger partial charge in [-0.05, 0) is 36.9 Å². The number of hydrogen-bond donors (Lipinski definition) is 1. The SMILES string of the molecule is Brc1ccccc1CNCCC1CCOC1. The smallest absolute Gasteiger partial charge is 0.0495 e. The lowest BCUT2D eigenvalue weighted by atomic mass is 10.1. The summed E-state index contributed by atoms with van der Waals surface area (Å²) in [6.07, 6.45) is 2.46. The zero-order valence-electron chi connectivity index (χ0n) is 9.42. The van der Waals surface area contributed by atoms with Gasteiger partial charge in [-0.3, -0.25) is 0 Å². The summed E-state index contributed by atoms with van der Waals surface area (Å²) in [6.45, 7) is 3.93. The fourth-order valence-electron chi connectivity index (χ4n) is 1.98. The van der Waals surface area contributed by atoms with Crippen molar-refractivity contribution >= 4 is 15.9 Å². The Balaban J connectivity index is 1.66. The molecule has 16 heavy (non-hydrogen) atoms. The molecule has 1 saturated heterocycles. The first kappa shape index (κ1) is 12.1. The molecule has 1 fully saturated rings. The highest BCUT2D eigenvalue weighted by Crippen LogP contribution is 2.17. The Kier molecular flexibility index (Phi) is 4.82. The van der Waals surface area contributed by atoms with Crippen LogP contribution in [0.2, 0.25) is 0 Å². The molecule has 0 spiro atoms. The van der Waals surface area contributed by atoms with Gasteiger partial charge < -0.3 is 10.1 Å². The number of rotatable bonds is 5. The van der Waals surface area contributed by atoms with E-state index in [9.17, 15) is 0 Å². The van der Waals surface area contributed by atoms with E-state index in [2.05, 4.69) is 39.4 Å². The van der Waals surface area contributed by atoms with Crippen molar-refractivity contribution in [3.05, 3.63) is 34.3 Å². The molecule has 3 heteroatoms. The molecule has 0 saturated carbocycles. The Morgan fingerprint density at radius 3 is 3.00 bits per heavy atom. The van der Waals surface area contributed by atoms with Gasteiger partial charge in [0.2, 0.25) is 0 Å². The summed E-state index contributed by atoms with van der Waals surface area (Å²) in [5.41, 5.74) is 1.32. The molecular weight excluding hydrogens is 266 g/mol. The van der Waals surface area contributed by atoms with Gasteiger partial charge in [0, 0.05) is 24.2 Å². The van der Waals surface area contributed by atoms with Crippen LogP contribution in [0.25, 0.3) is 0 Å². The predicted molar refractivity (Wildman–Crippen MR) is 69.4 cm³/mol. The van der Waals surface area contributed by atoms with E-state index in [1.807, 2.05) is 6.07 Å². The van der Waals surface area contributed by atoms with Crippen molar-refractivity contribution < 1.29 is 4.74 Å². The molecule has 0 bridgehead atoms. The Hall–Kier alpha value is -0.380. The lowest BCUT2D eigenvalue weighted by Gasteiger charge is -2.09. The van der Waals surface area contributed by atoms with Crippen molar-refractivity contribution in [1.82, 2.24) is 5.32 Å². The molecule has 2 nitrogen and oxygen atoms in total. The van der Waals surface area contributed by atoms with Crippen LogP contribution in [0, 0.1) is 5.92 Å². The topological polar surface area (TPSA) is 21.3 Å². The minimum absolute atomic E-state index is 0.770. The van der Waals surface area contributed by atoms with Crippen molar-refractivity contribution in [3.63, 3.8) is 0 Å². The van der Waals surface area contributed by atoms with Crippen LogP contribution >= 0.6 is 15.9 Å². The molecule has 1 atom stereocenters. The quantitative estimate of drug-likeness (QED) is 0.839. The third kappa shape index (κ3) is 3.58. The average molecular weight is 284 g/mol. The summed E-state index contributed by atoms with van der Waals surface area (Å²) in [4.78, 5) is 0. The monoisotopic (exact) mass is 283 g/mol. The molecular formula is C13H18BrNO. The highest BCUT2D eigenvalue weighted by Gasteiger charge is 2.14. The third-order valence-electron chi connectivity index (χ3n) is 3.03. The number of halogens is 1. The van der Waals surface area contributed by atoms with Gasteiger partial charge >= 0.3 is 0 Å². The summed E-state index contributed by atoms with van der Waals surface area (Å²) >= 11 is 3.55. The van der Waals surface area contributed by atoms with Crippen molar-refractivity contribution in [2.45, 2.75) is 19.4 Å². The minimum Gasteiger partial charge on any atom is -0.381 e. The van der Waals surface area contributed by atoms with Crippen LogP contribution in [0.1, 0.15) is 18.4 Å². The zero-order valence-corrected chi connectivity index (χ0v) is 11.0. The largest absolute Gasteiger partial charge is 0.381 e. The molecule has 1 aliphatic rings. The standard InChI is InChI=1S/C13H18BrNO/c14-13-4-2-1-3-12(13)9-15-7-5-11-6-8-16-10-11/h1-4,11,15H,5-10H2. The summed E-state index contributed by atoms with van der Waals surface area (Å²) in [5.74, 6) is 0.770. The molecule has 1 N–H and O–H groups in total. The molecule has 0 aromatic heterocycles. The van der Waals surface area contributed by atoms with Gasteiger partial charge in [0.1, 0.15) is 0 Å². The van der Waals surface area contributed by atoms with Crippen molar-refractivity contribution in [2.24, 2.45) is 5.92 Å². The second-order valence-electron chi connectivity index (χ2n) is 4.29. The fraction of sp³-hybridized carbons (Fsp3) is 0.538. The zero-order chi connectivity index (χ0) is 11.2. The highest BCUT2D eigenvalue weighted by atomic mass is 79.9. The Morgan fingerprint density at radius 2 is 2.25 bits per heavy atom. The first-order valence-corrected chi connectivity index (χ1v) is 6.67. The average Bonchev–Trinajstić information content (AvgIpc) is 2.79. The van der Waals surface area contributed by atoms with Crippen LogP contribution in [-0.4, -0.2) is 19.8 Å². The van der Waals surface area contributed by atoms with E-state index < -0.39 is 0 Å². The van der Waals surface area contributed by atoms with Crippen LogP contribution < -0.4 is 5.32 Å². The molecule has 0 radical (unpaired) electrons. The van der Waals surface area contributed by atoms with E-state index in [4.69, 9.17) is 4.74 Å². The van der Waals surface area contributed by atoms with Crippen molar-refractivity contribution in [2.75, 3.05) is 19.8 Å². The van der Waals surface area contributed by atoms with Gasteiger partial charge in [0.15, 0.2) is 0 Å². The second kappa shape index (κ2) is 6.38. The number of ether oxygens (including phenoxy) is 1. The molecule has 1 aliphatic heterocycles. The van der Waals surface area contributed by atoms with Crippen LogP contribution in [-0.2, 0) is 11.3 Å². The third-order valence-corrected chi connectivity index (χ3v) is 3.80. The normalized spacial score (nSPS) is 20.2. The van der Waals surface area contributed by atoms with Gasteiger partial charge in [0.25, 0.3) is 0 Å². The van der Waals surface area contributed by atoms with Gasteiger partial charge in [-0.15, -0.1) is 0 Å². The molecule has 2 rings (SSSR count). The van der Waals surface area contributed by atoms with Crippen molar-refractivity contribution in [1.29, 1.82) is 0 Å². The Morgan fingerprint density at radius 1 is 1.38 bits per heavy atom. The van der Waals surface area contributed by atoms with E-state index >= 15 is 0 Å². The van der Waals surface area contributed by atoms with E-state index in [-0.39, 0.29) is 0 Å². The number of nitrogens with one attached hydrogen (secondary N) is 1. The molecule has 0 aliphatic carbocycles. The molecule has 1 aromatic rings. The van der Waals surface area contributed by atoms with Gasteiger partial charge in [-0.2, -0.15) is 0 Å². The van der Waals surface area contributed by atoms with Crippen LogP contribution in [0.5, 0.6) is 0 Å². The summed E-state index contributed by atoms with van der Waals surface area (Å²) in [7, 11) is 0. The Labute approximate surface area is 106 Å². The van der Waals surface area contributed by atoms with Gasteiger partial charge in [-0.1, -0.05) is 34.1 Å². The van der Waals surface area contributed by atoms with Crippen LogP contribution in [0.4, 0.5) is 0 Å². The Bertz CT molecular complexity index is 323. The molecule has 0 amide bonds. The lowest BCUT2D eigenvalue weighted by molar-refractivity contribution is 0.184. The van der Waals surface area contributed by atoms with Crippen LogP contribution in [0.3, 0.4) is 0 Å². The predicted octanol–water partition coefficient (Wildman–Crippen LogP) is 2.97. The first-order chi connectivity index (χ1) is 7.86. The van der Waals surface area contributed by atoms with Gasteiger partial charge in [-0.25, -0.2) is 0 Å².